The van der Waals surface area contributed by atoms with E-state index in [9.17, 15) is 12.8 Å². The predicted octanol–water partition coefficient (Wildman–Crippen LogP) is 4.39. The first-order chi connectivity index (χ1) is 13.8. The van der Waals surface area contributed by atoms with Crippen molar-refractivity contribution in [3.8, 4) is 17.1 Å². The van der Waals surface area contributed by atoms with Crippen molar-refractivity contribution < 1.29 is 17.5 Å². The third kappa shape index (κ3) is 3.70. The van der Waals surface area contributed by atoms with Gasteiger partial charge in [-0.2, -0.15) is 0 Å². The second-order valence-corrected chi connectivity index (χ2v) is 9.18. The number of sulfone groups is 1. The van der Waals surface area contributed by atoms with Gasteiger partial charge in [-0.25, -0.2) is 17.8 Å². The molecule has 1 aliphatic heterocycles. The molecule has 0 spiro atoms. The van der Waals surface area contributed by atoms with Crippen LogP contribution in [0.25, 0.3) is 22.0 Å². The molecule has 1 N–H and O–H groups in total. The number of anilines is 1. The molecule has 150 valence electrons. The number of hydrogen-bond donors (Lipinski definition) is 1. The number of nitrogens with zero attached hydrogens (tertiary/aromatic N) is 1. The molecule has 0 amide bonds. The van der Waals surface area contributed by atoms with Gasteiger partial charge in [-0.15, -0.1) is 0 Å². The Labute approximate surface area is 169 Å². The Kier molecular flexibility index (Phi) is 4.78. The number of pyridine rings is 1. The molecular formula is C22H21FN2O3S. The highest BCUT2D eigenvalue weighted by Crippen LogP contribution is 2.37. The van der Waals surface area contributed by atoms with Crippen LogP contribution in [0.3, 0.4) is 0 Å². The first kappa shape index (κ1) is 19.4. The summed E-state index contributed by atoms with van der Waals surface area (Å²) in [7, 11) is -1.77. The average molecular weight is 412 g/mol. The van der Waals surface area contributed by atoms with E-state index in [-0.39, 0.29) is 17.3 Å². The molecule has 1 aromatic heterocycles. The van der Waals surface area contributed by atoms with E-state index in [1.54, 1.807) is 6.07 Å². The van der Waals surface area contributed by atoms with E-state index in [1.165, 1.54) is 24.8 Å². The molecule has 29 heavy (non-hydrogen) atoms. The second-order valence-electron chi connectivity index (χ2n) is 7.25. The van der Waals surface area contributed by atoms with Crippen LogP contribution in [0, 0.1) is 19.7 Å². The molecule has 0 saturated carbocycles. The van der Waals surface area contributed by atoms with Gasteiger partial charge in [0.1, 0.15) is 5.82 Å². The van der Waals surface area contributed by atoms with Gasteiger partial charge in [-0.3, -0.25) is 0 Å². The fourth-order valence-electron chi connectivity index (χ4n) is 3.48. The summed E-state index contributed by atoms with van der Waals surface area (Å²) in [5.74, 6) is -0.323. The molecule has 2 heterocycles. The van der Waals surface area contributed by atoms with Crippen LogP contribution in [-0.4, -0.2) is 32.3 Å². The minimum atomic E-state index is -3.26. The lowest BCUT2D eigenvalue weighted by Gasteiger charge is -2.17. The number of ether oxygens (including phenoxy) is 1. The quantitative estimate of drug-likeness (QED) is 0.688. The first-order valence-corrected chi connectivity index (χ1v) is 10.9. The van der Waals surface area contributed by atoms with Crippen LogP contribution in [0.15, 0.2) is 47.9 Å². The van der Waals surface area contributed by atoms with Gasteiger partial charge in [0, 0.05) is 11.0 Å². The molecule has 3 aromatic rings. The number of hydrogen-bond acceptors (Lipinski definition) is 5. The van der Waals surface area contributed by atoms with Crippen molar-refractivity contribution in [3.05, 3.63) is 64.8 Å². The van der Waals surface area contributed by atoms with Crippen LogP contribution >= 0.6 is 0 Å². The standard InChI is InChI=1S/C22H21FN2O3S/c1-13-4-5-15(10-14(13)2)19-11-16-6-7-18(23)21(20(16)22(25-19)28-3)24-17-8-9-29(26,27)12-17/h4-11,17,24H,12H2,1-3H3/t17-/m1/s1. The summed E-state index contributed by atoms with van der Waals surface area (Å²) >= 11 is 0. The van der Waals surface area contributed by atoms with Gasteiger partial charge >= 0.3 is 0 Å². The molecule has 2 aromatic carbocycles. The summed E-state index contributed by atoms with van der Waals surface area (Å²) in [6, 6.07) is 10.5. The van der Waals surface area contributed by atoms with Gasteiger partial charge in [0.25, 0.3) is 0 Å². The lowest BCUT2D eigenvalue weighted by atomic mass is 10.0. The molecule has 0 saturated heterocycles. The monoisotopic (exact) mass is 412 g/mol. The van der Waals surface area contributed by atoms with E-state index in [4.69, 9.17) is 4.74 Å². The molecule has 7 heteroatoms. The summed E-state index contributed by atoms with van der Waals surface area (Å²) < 4.78 is 43.6. The van der Waals surface area contributed by atoms with Gasteiger partial charge in [-0.05, 0) is 48.6 Å². The van der Waals surface area contributed by atoms with Gasteiger partial charge in [0.2, 0.25) is 5.88 Å². The number of benzene rings is 2. The molecule has 0 unspecified atom stereocenters. The number of aryl methyl sites for hydroxylation is 2. The molecule has 0 bridgehead atoms. The van der Waals surface area contributed by atoms with Crippen molar-refractivity contribution in [3.63, 3.8) is 0 Å². The maximum atomic E-state index is 14.7. The largest absolute Gasteiger partial charge is 0.480 e. The molecular weight excluding hydrogens is 391 g/mol. The Morgan fingerprint density at radius 1 is 1.14 bits per heavy atom. The number of halogens is 1. The summed E-state index contributed by atoms with van der Waals surface area (Å²) in [5, 5.41) is 5.38. The number of methoxy groups -OCH3 is 1. The highest BCUT2D eigenvalue weighted by molar-refractivity contribution is 7.94. The molecule has 0 fully saturated rings. The minimum absolute atomic E-state index is 0.112. The zero-order chi connectivity index (χ0) is 20.8. The first-order valence-electron chi connectivity index (χ1n) is 9.20. The third-order valence-electron chi connectivity index (χ3n) is 5.17. The highest BCUT2D eigenvalue weighted by Gasteiger charge is 2.24. The maximum absolute atomic E-state index is 14.7. The minimum Gasteiger partial charge on any atom is -0.480 e. The fraction of sp³-hybridized carbons (Fsp3) is 0.227. The fourth-order valence-corrected chi connectivity index (χ4v) is 4.71. The topological polar surface area (TPSA) is 68.3 Å². The Morgan fingerprint density at radius 2 is 1.93 bits per heavy atom. The molecule has 1 aliphatic rings. The van der Waals surface area contributed by atoms with Crippen molar-refractivity contribution in [2.75, 3.05) is 18.2 Å². The lowest BCUT2D eigenvalue weighted by Crippen LogP contribution is -2.21. The van der Waals surface area contributed by atoms with E-state index in [0.717, 1.165) is 27.6 Å². The number of aromatic nitrogens is 1. The summed E-state index contributed by atoms with van der Waals surface area (Å²) in [5.41, 5.74) is 4.19. The van der Waals surface area contributed by atoms with Crippen LogP contribution in [0.2, 0.25) is 0 Å². The van der Waals surface area contributed by atoms with Crippen LogP contribution in [0.1, 0.15) is 11.1 Å². The van der Waals surface area contributed by atoms with Gasteiger partial charge in [-0.1, -0.05) is 24.3 Å². The van der Waals surface area contributed by atoms with E-state index >= 15 is 0 Å². The van der Waals surface area contributed by atoms with Crippen molar-refractivity contribution in [2.45, 2.75) is 19.9 Å². The molecule has 0 aliphatic carbocycles. The molecule has 5 nitrogen and oxygen atoms in total. The summed E-state index contributed by atoms with van der Waals surface area (Å²) in [6.45, 7) is 4.09. The van der Waals surface area contributed by atoms with Crippen LogP contribution < -0.4 is 10.1 Å². The van der Waals surface area contributed by atoms with Crippen LogP contribution in [-0.2, 0) is 9.84 Å². The number of nitrogens with one attached hydrogen (secondary N) is 1. The van der Waals surface area contributed by atoms with Crippen molar-refractivity contribution in [1.82, 2.24) is 4.98 Å². The zero-order valence-electron chi connectivity index (χ0n) is 16.4. The van der Waals surface area contributed by atoms with Crippen LogP contribution in [0.4, 0.5) is 10.1 Å². The van der Waals surface area contributed by atoms with E-state index < -0.39 is 21.7 Å². The van der Waals surface area contributed by atoms with E-state index in [1.807, 2.05) is 32.0 Å². The third-order valence-corrected chi connectivity index (χ3v) is 6.57. The van der Waals surface area contributed by atoms with E-state index in [0.29, 0.717) is 5.39 Å². The van der Waals surface area contributed by atoms with Gasteiger partial charge < -0.3 is 10.1 Å². The molecule has 4 rings (SSSR count). The molecule has 0 radical (unpaired) electrons. The highest BCUT2D eigenvalue weighted by atomic mass is 32.2. The average Bonchev–Trinajstić information content (AvgIpc) is 3.03. The normalized spacial score (nSPS) is 17.6. The van der Waals surface area contributed by atoms with Crippen molar-refractivity contribution >= 4 is 26.3 Å². The number of fused-ring (bicyclic) bond motifs is 1. The van der Waals surface area contributed by atoms with E-state index in [2.05, 4.69) is 16.4 Å². The van der Waals surface area contributed by atoms with Gasteiger partial charge in [0.15, 0.2) is 9.84 Å². The smallest absolute Gasteiger partial charge is 0.223 e. The van der Waals surface area contributed by atoms with Crippen LogP contribution in [0.5, 0.6) is 5.88 Å². The predicted molar refractivity (Wildman–Crippen MR) is 114 cm³/mol. The number of rotatable bonds is 4. The zero-order valence-corrected chi connectivity index (χ0v) is 17.2. The SMILES string of the molecule is COc1nc(-c2ccc(C)c(C)c2)cc2ccc(F)c(N[C@@H]3C=CS(=O)(=O)C3)c12. The van der Waals surface area contributed by atoms with Crippen molar-refractivity contribution in [1.29, 1.82) is 0 Å². The Balaban J connectivity index is 1.84. The lowest BCUT2D eigenvalue weighted by molar-refractivity contribution is 0.404. The summed E-state index contributed by atoms with van der Waals surface area (Å²) in [4.78, 5) is 4.60. The Hall–Kier alpha value is -2.93. The Bertz CT molecular complexity index is 1250. The maximum Gasteiger partial charge on any atom is 0.223 e. The van der Waals surface area contributed by atoms with Gasteiger partial charge in [0.05, 0.1) is 35.7 Å². The summed E-state index contributed by atoms with van der Waals surface area (Å²) in [6.07, 6.45) is 1.52. The Morgan fingerprint density at radius 3 is 2.59 bits per heavy atom. The molecule has 1 atom stereocenters. The second kappa shape index (κ2) is 7.15. The van der Waals surface area contributed by atoms with Crippen molar-refractivity contribution in [2.24, 2.45) is 0 Å².